The maximum atomic E-state index is 14.0. The van der Waals surface area contributed by atoms with Crippen LogP contribution >= 0.6 is 0 Å². The minimum atomic E-state index is -0.692. The number of phenols is 1. The van der Waals surface area contributed by atoms with Gasteiger partial charge in [-0.15, -0.1) is 0 Å². The van der Waals surface area contributed by atoms with Crippen molar-refractivity contribution in [3.05, 3.63) is 65.2 Å². The van der Waals surface area contributed by atoms with Crippen molar-refractivity contribution in [3.63, 3.8) is 0 Å². The number of likely N-dealkylation sites (tertiary alicyclic amines) is 1. The summed E-state index contributed by atoms with van der Waals surface area (Å²) in [6.45, 7) is 11.6. The van der Waals surface area contributed by atoms with Gasteiger partial charge in [-0.3, -0.25) is 19.3 Å². The van der Waals surface area contributed by atoms with Crippen LogP contribution in [0.25, 0.3) is 0 Å². The molecule has 5 rings (SSSR count). The van der Waals surface area contributed by atoms with Crippen molar-refractivity contribution in [2.45, 2.75) is 102 Å². The van der Waals surface area contributed by atoms with Gasteiger partial charge in [0.15, 0.2) is 0 Å². The third-order valence-electron chi connectivity index (χ3n) is 11.6. The maximum Gasteiger partial charge on any atom is 0.242 e. The lowest BCUT2D eigenvalue weighted by Crippen LogP contribution is -2.58. The number of nitrogens with two attached hydrogens (primary N) is 1. The van der Waals surface area contributed by atoms with E-state index in [-0.39, 0.29) is 41.5 Å². The number of unbranched alkanes of at least 4 members (excludes halogenated alkanes) is 3. The minimum absolute atomic E-state index is 0.00704. The van der Waals surface area contributed by atoms with Gasteiger partial charge in [0.2, 0.25) is 17.7 Å². The number of amides is 3. The van der Waals surface area contributed by atoms with E-state index >= 15 is 0 Å². The summed E-state index contributed by atoms with van der Waals surface area (Å²) in [4.78, 5) is 42.7. The summed E-state index contributed by atoms with van der Waals surface area (Å²) < 4.78 is 0. The number of hydrogen-bond donors (Lipinski definition) is 5. The molecular weight excluding hydrogens is 602 g/mol. The molecule has 3 amide bonds. The van der Waals surface area contributed by atoms with Crippen LogP contribution in [0.15, 0.2) is 48.5 Å². The van der Waals surface area contributed by atoms with Gasteiger partial charge in [-0.2, -0.15) is 0 Å². The average molecular weight is 660 g/mol. The third kappa shape index (κ3) is 7.73. The maximum absolute atomic E-state index is 14.0. The van der Waals surface area contributed by atoms with E-state index in [0.29, 0.717) is 37.2 Å². The SMILES string of the molecule is CC(C)C[C@H](NC(=O)CNC(=O)[C@]1(c2ccccc2)C[C@@H]1CN1CC[C@@]2(C)c3cc(O)ccc3C[C@@H]1[C@H]2C)C(=O)NCCCCCCN. The largest absolute Gasteiger partial charge is 0.508 e. The zero-order chi connectivity index (χ0) is 34.5. The van der Waals surface area contributed by atoms with E-state index in [4.69, 9.17) is 5.73 Å². The second-order valence-corrected chi connectivity index (χ2v) is 15.2. The quantitative estimate of drug-likeness (QED) is 0.172. The molecule has 48 heavy (non-hydrogen) atoms. The van der Waals surface area contributed by atoms with Crippen molar-refractivity contribution in [2.75, 3.05) is 32.7 Å². The van der Waals surface area contributed by atoms with Gasteiger partial charge >= 0.3 is 0 Å². The molecule has 9 nitrogen and oxygen atoms in total. The van der Waals surface area contributed by atoms with Crippen LogP contribution in [0.2, 0.25) is 0 Å². The second kappa shape index (κ2) is 15.4. The molecule has 2 aromatic rings. The highest BCUT2D eigenvalue weighted by atomic mass is 16.3. The molecule has 1 saturated heterocycles. The Morgan fingerprint density at radius 2 is 1.79 bits per heavy atom. The molecule has 2 fully saturated rings. The number of benzene rings is 2. The Kier molecular flexibility index (Phi) is 11.5. The van der Waals surface area contributed by atoms with Crippen LogP contribution in [0.3, 0.4) is 0 Å². The molecule has 9 heteroatoms. The molecule has 0 aromatic heterocycles. The number of phenolic OH excluding ortho intramolecular Hbond substituents is 1. The van der Waals surface area contributed by atoms with Crippen LogP contribution in [0.1, 0.15) is 89.3 Å². The zero-order valence-electron chi connectivity index (χ0n) is 29.4. The predicted molar refractivity (Wildman–Crippen MR) is 189 cm³/mol. The number of carbonyl (C=O) groups is 3. The molecule has 2 aromatic carbocycles. The molecular formula is C39H57N5O4. The van der Waals surface area contributed by atoms with Gasteiger partial charge in [-0.1, -0.05) is 76.9 Å². The molecule has 0 radical (unpaired) electrons. The topological polar surface area (TPSA) is 137 Å². The Morgan fingerprint density at radius 3 is 2.52 bits per heavy atom. The Balaban J connectivity index is 1.21. The average Bonchev–Trinajstić information content (AvgIpc) is 3.79. The van der Waals surface area contributed by atoms with Gasteiger partial charge in [0.25, 0.3) is 0 Å². The fourth-order valence-corrected chi connectivity index (χ4v) is 8.48. The fourth-order valence-electron chi connectivity index (χ4n) is 8.48. The molecule has 2 bridgehead atoms. The van der Waals surface area contributed by atoms with Crippen molar-refractivity contribution in [3.8, 4) is 5.75 Å². The highest BCUT2D eigenvalue weighted by molar-refractivity contribution is 5.95. The number of rotatable bonds is 16. The first-order valence-electron chi connectivity index (χ1n) is 18.2. The van der Waals surface area contributed by atoms with Gasteiger partial charge in [-0.05, 0) is 104 Å². The summed E-state index contributed by atoms with van der Waals surface area (Å²) in [7, 11) is 0. The molecule has 2 aliphatic carbocycles. The van der Waals surface area contributed by atoms with Crippen molar-refractivity contribution < 1.29 is 19.5 Å². The van der Waals surface area contributed by atoms with Gasteiger partial charge < -0.3 is 26.8 Å². The van der Waals surface area contributed by atoms with Crippen LogP contribution in [0.5, 0.6) is 5.75 Å². The number of carbonyl (C=O) groups excluding carboxylic acids is 3. The lowest BCUT2D eigenvalue weighted by atomic mass is 9.59. The smallest absolute Gasteiger partial charge is 0.242 e. The number of fused-ring (bicyclic) bond motifs is 4. The first kappa shape index (κ1) is 35.9. The highest BCUT2D eigenvalue weighted by Gasteiger charge is 2.62. The van der Waals surface area contributed by atoms with Gasteiger partial charge in [0.05, 0.1) is 12.0 Å². The highest BCUT2D eigenvalue weighted by Crippen LogP contribution is 2.56. The fraction of sp³-hybridized carbons (Fsp3) is 0.615. The first-order chi connectivity index (χ1) is 23.0. The number of nitrogens with zero attached hydrogens (tertiary/aromatic N) is 1. The number of aromatic hydroxyl groups is 1. The lowest BCUT2D eigenvalue weighted by Gasteiger charge is -2.55. The van der Waals surface area contributed by atoms with E-state index in [0.717, 1.165) is 63.6 Å². The first-order valence-corrected chi connectivity index (χ1v) is 18.2. The van der Waals surface area contributed by atoms with Crippen molar-refractivity contribution in [1.29, 1.82) is 0 Å². The van der Waals surface area contributed by atoms with Crippen LogP contribution in [-0.4, -0.2) is 72.5 Å². The van der Waals surface area contributed by atoms with E-state index in [1.165, 1.54) is 11.1 Å². The number of nitrogens with one attached hydrogen (secondary N) is 3. The molecule has 1 saturated carbocycles. The molecule has 1 aliphatic heterocycles. The normalized spacial score (nSPS) is 26.8. The van der Waals surface area contributed by atoms with Crippen LogP contribution in [0, 0.1) is 17.8 Å². The van der Waals surface area contributed by atoms with E-state index in [1.807, 2.05) is 50.2 Å². The zero-order valence-corrected chi connectivity index (χ0v) is 29.4. The molecule has 0 spiro atoms. The molecule has 6 N–H and O–H groups in total. The van der Waals surface area contributed by atoms with E-state index in [1.54, 1.807) is 6.07 Å². The summed E-state index contributed by atoms with van der Waals surface area (Å²) in [6, 6.07) is 15.5. The van der Waals surface area contributed by atoms with Gasteiger partial charge in [0.1, 0.15) is 11.8 Å². The minimum Gasteiger partial charge on any atom is -0.508 e. The molecule has 3 aliphatic rings. The summed E-state index contributed by atoms with van der Waals surface area (Å²) >= 11 is 0. The molecule has 6 atom stereocenters. The van der Waals surface area contributed by atoms with Crippen molar-refractivity contribution in [2.24, 2.45) is 23.5 Å². The summed E-state index contributed by atoms with van der Waals surface area (Å²) in [5, 5.41) is 19.1. The van der Waals surface area contributed by atoms with Crippen LogP contribution in [-0.2, 0) is 31.6 Å². The van der Waals surface area contributed by atoms with E-state index in [9.17, 15) is 19.5 Å². The monoisotopic (exact) mass is 659 g/mol. The molecule has 1 heterocycles. The third-order valence-corrected chi connectivity index (χ3v) is 11.6. The summed E-state index contributed by atoms with van der Waals surface area (Å²) in [5.74, 6) is 0.421. The summed E-state index contributed by atoms with van der Waals surface area (Å²) in [5.41, 5.74) is 8.45. The Hall–Kier alpha value is -3.43. The number of hydrogen-bond acceptors (Lipinski definition) is 6. The van der Waals surface area contributed by atoms with E-state index < -0.39 is 11.5 Å². The lowest BCUT2D eigenvalue weighted by molar-refractivity contribution is -0.130. The molecule has 262 valence electrons. The van der Waals surface area contributed by atoms with Crippen molar-refractivity contribution >= 4 is 17.7 Å². The predicted octanol–water partition coefficient (Wildman–Crippen LogP) is 4.16. The standard InChI is InChI=1S/C39H57N5O4/c1-26(2)20-33(36(47)41-18-11-6-5-10-17-40)43-35(46)24-42-37(48)39(29-12-8-7-9-13-29)23-30(39)25-44-19-16-38(4)27(3)34(44)21-28-14-15-31(45)22-32(28)38/h7-9,12-15,22,26-27,30,33-34,45H,5-6,10-11,16-21,23-25,40H2,1-4H3,(H,41,47)(H,42,48)(H,43,46)/t27-,30-,33+,34-,38-,39+/m1/s1. The van der Waals surface area contributed by atoms with Crippen molar-refractivity contribution in [1.82, 2.24) is 20.9 Å². The number of piperidine rings is 1. The second-order valence-electron chi connectivity index (χ2n) is 15.2. The van der Waals surface area contributed by atoms with Crippen LogP contribution in [0.4, 0.5) is 0 Å². The van der Waals surface area contributed by atoms with Crippen LogP contribution < -0.4 is 21.7 Å². The molecule has 0 unspecified atom stereocenters. The Bertz CT molecular complexity index is 1430. The Morgan fingerprint density at radius 1 is 1.04 bits per heavy atom. The van der Waals surface area contributed by atoms with Gasteiger partial charge in [-0.25, -0.2) is 0 Å². The van der Waals surface area contributed by atoms with Gasteiger partial charge in [0, 0.05) is 19.1 Å². The Labute approximate surface area is 286 Å². The summed E-state index contributed by atoms with van der Waals surface area (Å²) in [6.07, 6.45) is 7.09. The van der Waals surface area contributed by atoms with E-state index in [2.05, 4.69) is 40.8 Å².